The van der Waals surface area contributed by atoms with Crippen molar-refractivity contribution in [2.75, 3.05) is 0 Å². The standard InChI is InChI=1S/2K.2H2O.4O.Os.2H/h;;2*1H2;;;;;;;/q2*+1;;;;;;;;2*-1. The van der Waals surface area contributed by atoms with Crippen LogP contribution in [0.4, 0.5) is 0 Å². The molecule has 0 radical (unpaired) electrons. The molecule has 0 atom stereocenters. The summed E-state index contributed by atoms with van der Waals surface area (Å²) in [6.07, 6.45) is 0. The fourth-order valence-corrected chi connectivity index (χ4v) is 0. The Morgan fingerprint density at radius 3 is 0.778 bits per heavy atom. The Balaban J connectivity index is -0.00000000533. The van der Waals surface area contributed by atoms with Crippen molar-refractivity contribution in [3.63, 3.8) is 0 Å². The maximum absolute atomic E-state index is 8.63. The molecule has 9 heteroatoms. The molecular formula is H6K2O6Os. The van der Waals surface area contributed by atoms with E-state index in [2.05, 4.69) is 0 Å². The molecule has 9 heavy (non-hydrogen) atoms. The number of rotatable bonds is 0. The van der Waals surface area contributed by atoms with Crippen LogP contribution in [0.25, 0.3) is 0 Å². The molecule has 0 aliphatic carbocycles. The summed E-state index contributed by atoms with van der Waals surface area (Å²) in [5.41, 5.74) is 0. The van der Waals surface area contributed by atoms with Crippen LogP contribution in [-0.4, -0.2) is 11.0 Å². The molecule has 0 aromatic carbocycles. The maximum atomic E-state index is 8.63. The first kappa shape index (κ1) is 29.6. The van der Waals surface area contributed by atoms with Crippen LogP contribution in [0.3, 0.4) is 0 Å². The first-order valence-electron chi connectivity index (χ1n) is 0.577. The molecular weight excluding hydrogens is 364 g/mol. The Hall–Kier alpha value is 3.03. The monoisotopic (exact) mass is 372 g/mol. The molecule has 0 fully saturated rings. The van der Waals surface area contributed by atoms with E-state index in [4.69, 9.17) is 14.2 Å². The molecule has 0 spiro atoms. The Morgan fingerprint density at radius 1 is 0.778 bits per heavy atom. The van der Waals surface area contributed by atoms with E-state index in [0.29, 0.717) is 0 Å². The summed E-state index contributed by atoms with van der Waals surface area (Å²) < 4.78 is 34.5. The Kier molecular flexibility index (Phi) is 44.8. The van der Waals surface area contributed by atoms with E-state index in [1.807, 2.05) is 0 Å². The van der Waals surface area contributed by atoms with Gasteiger partial charge in [0.15, 0.2) is 0 Å². The third kappa shape index (κ3) is 98.0. The second kappa shape index (κ2) is 13.6. The van der Waals surface area contributed by atoms with Crippen molar-refractivity contribution in [2.24, 2.45) is 0 Å². The van der Waals surface area contributed by atoms with E-state index in [-0.39, 0.29) is 117 Å². The van der Waals surface area contributed by atoms with Crippen molar-refractivity contribution in [3.8, 4) is 0 Å². The van der Waals surface area contributed by atoms with Crippen LogP contribution in [0.2, 0.25) is 0 Å². The normalized spacial score (nSPS) is 6.22. The molecule has 52 valence electrons. The third-order valence-corrected chi connectivity index (χ3v) is 0. The first-order valence-corrected chi connectivity index (χ1v) is 4.73. The van der Waals surface area contributed by atoms with Crippen LogP contribution >= 0.6 is 0 Å². The van der Waals surface area contributed by atoms with Crippen molar-refractivity contribution in [1.29, 1.82) is 0 Å². The number of hydrogen-bond donors (Lipinski definition) is 0. The SMILES string of the molecule is O.O.[H-].[H-].[K+].[K+].[O]=[Os](=[O])(=[O])=[O]. The van der Waals surface area contributed by atoms with Crippen molar-refractivity contribution >= 4 is 0 Å². The van der Waals surface area contributed by atoms with E-state index >= 15 is 0 Å². The zero-order valence-corrected chi connectivity index (χ0v) is 13.8. The first-order chi connectivity index (χ1) is 2.00. The molecule has 4 N–H and O–H groups in total. The van der Waals surface area contributed by atoms with Crippen molar-refractivity contribution in [3.05, 3.63) is 0 Å². The van der Waals surface area contributed by atoms with Gasteiger partial charge in [-0.2, -0.15) is 0 Å². The van der Waals surface area contributed by atoms with Crippen molar-refractivity contribution in [1.82, 2.24) is 0 Å². The Labute approximate surface area is 142 Å². The van der Waals surface area contributed by atoms with Gasteiger partial charge in [0, 0.05) is 0 Å². The van der Waals surface area contributed by atoms with Crippen LogP contribution in [0.1, 0.15) is 2.85 Å². The molecule has 6 nitrogen and oxygen atoms in total. The molecule has 0 rings (SSSR count). The summed E-state index contributed by atoms with van der Waals surface area (Å²) in [7, 11) is 0. The average molecular weight is 370 g/mol. The predicted octanol–water partition coefficient (Wildman–Crippen LogP) is -7.89. The van der Waals surface area contributed by atoms with Crippen LogP contribution in [-0.2, 0) is 29.0 Å². The molecule has 0 amide bonds. The fraction of sp³-hybridized carbons (Fsp3) is 0. The van der Waals surface area contributed by atoms with E-state index < -0.39 is 14.8 Å². The summed E-state index contributed by atoms with van der Waals surface area (Å²) in [5, 5.41) is 0. The molecule has 0 aliphatic rings. The van der Waals surface area contributed by atoms with Crippen LogP contribution in [0.5, 0.6) is 0 Å². The summed E-state index contributed by atoms with van der Waals surface area (Å²) in [5.74, 6) is 0. The second-order valence-electron chi connectivity index (χ2n) is 0.354. The van der Waals surface area contributed by atoms with Gasteiger partial charge >= 0.3 is 132 Å². The molecule has 0 saturated heterocycles. The van der Waals surface area contributed by atoms with Crippen LogP contribution in [0.15, 0.2) is 0 Å². The van der Waals surface area contributed by atoms with E-state index in [0.717, 1.165) is 0 Å². The molecule has 0 aromatic rings. The summed E-state index contributed by atoms with van der Waals surface area (Å²) in [4.78, 5) is 0. The average Bonchev–Trinajstić information content (AvgIpc) is 0.722. The molecule has 0 aliphatic heterocycles. The number of hydrogen-bond acceptors (Lipinski definition) is 4. The fourth-order valence-electron chi connectivity index (χ4n) is 0. The molecule has 0 bridgehead atoms. The van der Waals surface area contributed by atoms with E-state index in [1.54, 1.807) is 0 Å². The predicted molar refractivity (Wildman–Crippen MR) is 12.2 cm³/mol. The summed E-state index contributed by atoms with van der Waals surface area (Å²) >= 11 is -6.06. The van der Waals surface area contributed by atoms with Gasteiger partial charge in [-0.25, -0.2) is 0 Å². The zero-order valence-electron chi connectivity index (χ0n) is 6.99. The van der Waals surface area contributed by atoms with Gasteiger partial charge in [0.05, 0.1) is 0 Å². The third-order valence-electron chi connectivity index (χ3n) is 0. The van der Waals surface area contributed by atoms with Gasteiger partial charge in [-0.15, -0.1) is 0 Å². The van der Waals surface area contributed by atoms with Gasteiger partial charge in [0.2, 0.25) is 0 Å². The zero-order chi connectivity index (χ0) is 4.50. The quantitative estimate of drug-likeness (QED) is 0.392. The van der Waals surface area contributed by atoms with Crippen molar-refractivity contribution in [2.45, 2.75) is 0 Å². The Morgan fingerprint density at radius 2 is 0.778 bits per heavy atom. The van der Waals surface area contributed by atoms with Crippen molar-refractivity contribution < 1.29 is 146 Å². The summed E-state index contributed by atoms with van der Waals surface area (Å²) in [6.45, 7) is 0. The van der Waals surface area contributed by atoms with Gasteiger partial charge in [0.25, 0.3) is 0 Å². The van der Waals surface area contributed by atoms with Gasteiger partial charge in [-0.1, -0.05) is 0 Å². The topological polar surface area (TPSA) is 131 Å². The molecule has 0 saturated carbocycles. The minimum absolute atomic E-state index is 0. The second-order valence-corrected chi connectivity index (χ2v) is 2.89. The molecule has 0 aromatic heterocycles. The van der Waals surface area contributed by atoms with Crippen LogP contribution in [0, 0.1) is 0 Å². The van der Waals surface area contributed by atoms with E-state index in [1.165, 1.54) is 0 Å². The van der Waals surface area contributed by atoms with Crippen LogP contribution < -0.4 is 103 Å². The minimum atomic E-state index is -6.06. The molecule has 0 heterocycles. The molecule has 0 unspecified atom stereocenters. The van der Waals surface area contributed by atoms with Gasteiger partial charge in [-0.05, 0) is 0 Å². The Bertz CT molecular complexity index is 170. The summed E-state index contributed by atoms with van der Waals surface area (Å²) in [6, 6.07) is 0. The van der Waals surface area contributed by atoms with Gasteiger partial charge < -0.3 is 13.8 Å². The van der Waals surface area contributed by atoms with E-state index in [9.17, 15) is 0 Å². The van der Waals surface area contributed by atoms with Gasteiger partial charge in [0.1, 0.15) is 0 Å². The van der Waals surface area contributed by atoms with Gasteiger partial charge in [-0.3, -0.25) is 0 Å².